The highest BCUT2D eigenvalue weighted by molar-refractivity contribution is 7.08. The molecule has 1 saturated heterocycles. The summed E-state index contributed by atoms with van der Waals surface area (Å²) in [6, 6.07) is 5.68. The van der Waals surface area contributed by atoms with Crippen molar-refractivity contribution in [2.45, 2.75) is 18.8 Å². The van der Waals surface area contributed by atoms with Gasteiger partial charge < -0.3 is 4.90 Å². The Bertz CT molecular complexity index is 807. The van der Waals surface area contributed by atoms with E-state index in [1.165, 1.54) is 0 Å². The zero-order valence-electron chi connectivity index (χ0n) is 13.1. The predicted molar refractivity (Wildman–Crippen MR) is 91.8 cm³/mol. The van der Waals surface area contributed by atoms with Gasteiger partial charge in [0.05, 0.1) is 5.56 Å². The summed E-state index contributed by atoms with van der Waals surface area (Å²) in [5, 5.41) is 11.2. The molecule has 0 bridgehead atoms. The zero-order chi connectivity index (χ0) is 16.4. The van der Waals surface area contributed by atoms with Crippen molar-refractivity contribution in [1.82, 2.24) is 25.1 Å². The molecule has 24 heavy (non-hydrogen) atoms. The highest BCUT2D eigenvalue weighted by Gasteiger charge is 2.26. The van der Waals surface area contributed by atoms with Gasteiger partial charge in [0.1, 0.15) is 5.82 Å². The number of carbonyl (C=O) groups excluding carboxylic acids is 1. The molecule has 0 spiro atoms. The van der Waals surface area contributed by atoms with Crippen molar-refractivity contribution in [3.63, 3.8) is 0 Å². The first kappa shape index (κ1) is 15.0. The van der Waals surface area contributed by atoms with E-state index in [0.29, 0.717) is 11.7 Å². The van der Waals surface area contributed by atoms with Crippen LogP contribution in [-0.4, -0.2) is 44.1 Å². The van der Waals surface area contributed by atoms with Gasteiger partial charge in [0.15, 0.2) is 5.82 Å². The molecule has 1 aliphatic rings. The van der Waals surface area contributed by atoms with Crippen LogP contribution in [0.2, 0.25) is 0 Å². The van der Waals surface area contributed by atoms with Crippen molar-refractivity contribution in [3.8, 4) is 11.4 Å². The van der Waals surface area contributed by atoms with Crippen LogP contribution in [0.4, 0.5) is 0 Å². The van der Waals surface area contributed by atoms with Gasteiger partial charge in [-0.05, 0) is 36.4 Å². The Morgan fingerprint density at radius 3 is 2.71 bits per heavy atom. The first-order valence-electron chi connectivity index (χ1n) is 7.95. The van der Waals surface area contributed by atoms with Crippen LogP contribution < -0.4 is 0 Å². The number of thiophene rings is 1. The van der Waals surface area contributed by atoms with Gasteiger partial charge in [-0.2, -0.15) is 16.4 Å². The number of aromatic amines is 1. The van der Waals surface area contributed by atoms with Crippen LogP contribution >= 0.6 is 11.3 Å². The molecule has 0 aromatic carbocycles. The molecule has 4 rings (SSSR count). The molecular weight excluding hydrogens is 322 g/mol. The summed E-state index contributed by atoms with van der Waals surface area (Å²) in [5.74, 6) is 2.05. The fourth-order valence-electron chi connectivity index (χ4n) is 3.01. The quantitative estimate of drug-likeness (QED) is 0.796. The third kappa shape index (κ3) is 2.94. The van der Waals surface area contributed by atoms with Crippen molar-refractivity contribution >= 4 is 17.2 Å². The van der Waals surface area contributed by atoms with Crippen LogP contribution in [-0.2, 0) is 0 Å². The predicted octanol–water partition coefficient (Wildman–Crippen LogP) is 2.95. The number of nitrogens with zero attached hydrogens (tertiary/aromatic N) is 4. The Balaban J connectivity index is 1.41. The summed E-state index contributed by atoms with van der Waals surface area (Å²) < 4.78 is 0. The van der Waals surface area contributed by atoms with Crippen LogP contribution in [0, 0.1) is 0 Å². The minimum absolute atomic E-state index is 0.129. The Morgan fingerprint density at radius 1 is 1.21 bits per heavy atom. The molecule has 1 N–H and O–H groups in total. The summed E-state index contributed by atoms with van der Waals surface area (Å²) in [4.78, 5) is 23.0. The molecule has 122 valence electrons. The Kier molecular flexibility index (Phi) is 4.08. The Hall–Kier alpha value is -2.54. The van der Waals surface area contributed by atoms with Gasteiger partial charge >= 0.3 is 0 Å². The molecule has 3 aromatic rings. The second kappa shape index (κ2) is 6.52. The number of hydrogen-bond donors (Lipinski definition) is 1. The molecular formula is C17H17N5OS. The maximum absolute atomic E-state index is 12.4. The summed E-state index contributed by atoms with van der Waals surface area (Å²) in [7, 11) is 0. The molecule has 3 aromatic heterocycles. The van der Waals surface area contributed by atoms with Crippen molar-refractivity contribution in [2.24, 2.45) is 0 Å². The van der Waals surface area contributed by atoms with E-state index in [2.05, 4.69) is 20.2 Å². The highest BCUT2D eigenvalue weighted by atomic mass is 32.1. The standard InChI is InChI=1S/C17H17N5OS/c23-17(14-5-10-24-11-14)22-8-3-13(4-9-22)16-19-15(20-21-16)12-1-6-18-7-2-12/h1-2,5-7,10-11,13H,3-4,8-9H2,(H,19,20,21). The number of nitrogens with one attached hydrogen (secondary N) is 1. The first-order valence-corrected chi connectivity index (χ1v) is 8.90. The number of piperidine rings is 1. The fraction of sp³-hybridized carbons (Fsp3) is 0.294. The first-order chi connectivity index (χ1) is 11.8. The van der Waals surface area contributed by atoms with Crippen molar-refractivity contribution in [2.75, 3.05) is 13.1 Å². The average Bonchev–Trinajstić information content (AvgIpc) is 3.34. The van der Waals surface area contributed by atoms with Gasteiger partial charge in [-0.3, -0.25) is 14.9 Å². The van der Waals surface area contributed by atoms with E-state index in [1.807, 2.05) is 33.9 Å². The molecule has 0 atom stereocenters. The van der Waals surface area contributed by atoms with Crippen LogP contribution in [0.25, 0.3) is 11.4 Å². The maximum Gasteiger partial charge on any atom is 0.254 e. The number of rotatable bonds is 3. The Labute approximate surface area is 143 Å². The van der Waals surface area contributed by atoms with E-state index in [-0.39, 0.29) is 5.91 Å². The largest absolute Gasteiger partial charge is 0.339 e. The maximum atomic E-state index is 12.4. The van der Waals surface area contributed by atoms with Crippen LogP contribution in [0.3, 0.4) is 0 Å². The van der Waals surface area contributed by atoms with E-state index >= 15 is 0 Å². The zero-order valence-corrected chi connectivity index (χ0v) is 13.9. The summed E-state index contributed by atoms with van der Waals surface area (Å²) in [5.41, 5.74) is 1.75. The molecule has 0 aliphatic carbocycles. The number of likely N-dealkylation sites (tertiary alicyclic amines) is 1. The monoisotopic (exact) mass is 339 g/mol. The molecule has 4 heterocycles. The molecule has 0 saturated carbocycles. The smallest absolute Gasteiger partial charge is 0.254 e. The normalized spacial score (nSPS) is 15.6. The lowest BCUT2D eigenvalue weighted by Gasteiger charge is -2.30. The molecule has 1 amide bonds. The molecule has 7 heteroatoms. The third-order valence-electron chi connectivity index (χ3n) is 4.38. The van der Waals surface area contributed by atoms with Gasteiger partial charge in [0.25, 0.3) is 5.91 Å². The van der Waals surface area contributed by atoms with E-state index in [4.69, 9.17) is 0 Å². The van der Waals surface area contributed by atoms with Crippen molar-refractivity contribution in [3.05, 3.63) is 52.7 Å². The van der Waals surface area contributed by atoms with Gasteiger partial charge in [-0.15, -0.1) is 0 Å². The van der Waals surface area contributed by atoms with Crippen LogP contribution in [0.1, 0.15) is 34.9 Å². The highest BCUT2D eigenvalue weighted by Crippen LogP contribution is 2.27. The second-order valence-electron chi connectivity index (χ2n) is 5.86. The molecule has 1 aliphatic heterocycles. The summed E-state index contributed by atoms with van der Waals surface area (Å²) in [6.45, 7) is 1.51. The van der Waals surface area contributed by atoms with Gasteiger partial charge in [0.2, 0.25) is 0 Å². The lowest BCUT2D eigenvalue weighted by atomic mass is 9.96. The second-order valence-corrected chi connectivity index (χ2v) is 6.64. The number of pyridine rings is 1. The minimum atomic E-state index is 0.129. The fourth-order valence-corrected chi connectivity index (χ4v) is 3.64. The van der Waals surface area contributed by atoms with Gasteiger partial charge in [0, 0.05) is 42.3 Å². The molecule has 0 radical (unpaired) electrons. The topological polar surface area (TPSA) is 74.8 Å². The SMILES string of the molecule is O=C(c1ccsc1)N1CCC(c2nc(-c3ccncc3)n[nH]2)CC1. The van der Waals surface area contributed by atoms with E-state index in [9.17, 15) is 4.79 Å². The van der Waals surface area contributed by atoms with Crippen molar-refractivity contribution < 1.29 is 4.79 Å². The lowest BCUT2D eigenvalue weighted by Crippen LogP contribution is -2.37. The van der Waals surface area contributed by atoms with Crippen molar-refractivity contribution in [1.29, 1.82) is 0 Å². The van der Waals surface area contributed by atoms with Crippen LogP contribution in [0.15, 0.2) is 41.4 Å². The number of carbonyl (C=O) groups is 1. The molecule has 1 fully saturated rings. The number of H-pyrrole nitrogens is 1. The lowest BCUT2D eigenvalue weighted by molar-refractivity contribution is 0.0711. The van der Waals surface area contributed by atoms with E-state index < -0.39 is 0 Å². The number of aromatic nitrogens is 4. The van der Waals surface area contributed by atoms with Gasteiger partial charge in [-0.25, -0.2) is 4.98 Å². The third-order valence-corrected chi connectivity index (χ3v) is 5.06. The minimum Gasteiger partial charge on any atom is -0.339 e. The molecule has 6 nitrogen and oxygen atoms in total. The molecule has 0 unspecified atom stereocenters. The summed E-state index contributed by atoms with van der Waals surface area (Å²) >= 11 is 1.55. The number of hydrogen-bond acceptors (Lipinski definition) is 5. The Morgan fingerprint density at radius 2 is 2.00 bits per heavy atom. The van der Waals surface area contributed by atoms with Gasteiger partial charge in [-0.1, -0.05) is 0 Å². The van der Waals surface area contributed by atoms with Crippen LogP contribution in [0.5, 0.6) is 0 Å². The summed E-state index contributed by atoms with van der Waals surface area (Å²) in [6.07, 6.45) is 5.28. The number of amides is 1. The van der Waals surface area contributed by atoms with E-state index in [0.717, 1.165) is 42.9 Å². The van der Waals surface area contributed by atoms with E-state index in [1.54, 1.807) is 23.7 Å². The average molecular weight is 339 g/mol.